The Bertz CT molecular complexity index is 246. The zero-order chi connectivity index (χ0) is 8.10. The van der Waals surface area contributed by atoms with Crippen molar-refractivity contribution < 1.29 is 0 Å². The first-order chi connectivity index (χ1) is 5.33. The number of hydrogen-bond acceptors (Lipinski definition) is 3. The first-order valence-corrected chi connectivity index (χ1v) is 3.37. The average Bonchev–Trinajstić information content (AvgIpc) is 2.01. The molecule has 11 heavy (non-hydrogen) atoms. The van der Waals surface area contributed by atoms with E-state index in [9.17, 15) is 0 Å². The van der Waals surface area contributed by atoms with Crippen LogP contribution in [0.3, 0.4) is 0 Å². The second-order valence-electron chi connectivity index (χ2n) is 2.24. The molecule has 0 aromatic carbocycles. The second-order valence-corrected chi connectivity index (χ2v) is 2.24. The highest BCUT2D eigenvalue weighted by atomic mass is 14.8. The minimum absolute atomic E-state index is 0.686. The van der Waals surface area contributed by atoms with Crippen molar-refractivity contribution in [2.75, 3.05) is 6.54 Å². The number of aliphatic imine (C=N–C) groups is 1. The van der Waals surface area contributed by atoms with Crippen molar-refractivity contribution in [3.63, 3.8) is 0 Å². The second kappa shape index (κ2) is 3.61. The third-order valence-electron chi connectivity index (χ3n) is 1.29. The zero-order valence-corrected chi connectivity index (χ0v) is 6.20. The van der Waals surface area contributed by atoms with Crippen molar-refractivity contribution in [3.8, 4) is 0 Å². The van der Waals surface area contributed by atoms with E-state index in [1.165, 1.54) is 6.20 Å². The molecular formula is C8H11N3. The zero-order valence-electron chi connectivity index (χ0n) is 6.20. The largest absolute Gasteiger partial charge is 0.405 e. The van der Waals surface area contributed by atoms with Crippen LogP contribution in [0.25, 0.3) is 0 Å². The van der Waals surface area contributed by atoms with Crippen molar-refractivity contribution in [2.45, 2.75) is 0 Å². The Morgan fingerprint density at radius 1 is 1.55 bits per heavy atom. The van der Waals surface area contributed by atoms with Gasteiger partial charge in [0.1, 0.15) is 0 Å². The number of nitrogens with zero attached hydrogens (tertiary/aromatic N) is 1. The van der Waals surface area contributed by atoms with E-state index in [4.69, 9.17) is 11.5 Å². The van der Waals surface area contributed by atoms with Gasteiger partial charge in [0.05, 0.1) is 6.54 Å². The fourth-order valence-corrected chi connectivity index (χ4v) is 0.833. The number of dihydropyridines is 1. The standard InChI is InChI=1S/C8H11N3/c9-3-1-2-7-4-8(10)6-11-5-7/h1-4,6H,5,9-10H2/b3-1-,7-2-. The Kier molecular flexibility index (Phi) is 2.49. The molecule has 1 aliphatic heterocycles. The third kappa shape index (κ3) is 2.29. The summed E-state index contributed by atoms with van der Waals surface area (Å²) in [5, 5.41) is 0. The van der Waals surface area contributed by atoms with E-state index in [0.29, 0.717) is 12.2 Å². The molecule has 0 spiro atoms. The smallest absolute Gasteiger partial charge is 0.0641 e. The SMILES string of the molecule is N/C=C\C=C1\C=C(N)C=NC1. The van der Waals surface area contributed by atoms with Gasteiger partial charge in [-0.15, -0.1) is 0 Å². The molecule has 0 saturated carbocycles. The highest BCUT2D eigenvalue weighted by Gasteiger charge is 1.96. The fraction of sp³-hybridized carbons (Fsp3) is 0.125. The first-order valence-electron chi connectivity index (χ1n) is 3.37. The highest BCUT2D eigenvalue weighted by Crippen LogP contribution is 2.04. The van der Waals surface area contributed by atoms with Crippen LogP contribution in [0.4, 0.5) is 0 Å². The fourth-order valence-electron chi connectivity index (χ4n) is 0.833. The van der Waals surface area contributed by atoms with E-state index in [-0.39, 0.29) is 0 Å². The maximum absolute atomic E-state index is 5.51. The van der Waals surface area contributed by atoms with Gasteiger partial charge in [-0.1, -0.05) is 6.08 Å². The van der Waals surface area contributed by atoms with Gasteiger partial charge in [-0.2, -0.15) is 0 Å². The van der Waals surface area contributed by atoms with Gasteiger partial charge in [0.15, 0.2) is 0 Å². The molecule has 1 rings (SSSR count). The lowest BCUT2D eigenvalue weighted by atomic mass is 10.2. The number of rotatable bonds is 1. The lowest BCUT2D eigenvalue weighted by molar-refractivity contribution is 1.15. The minimum Gasteiger partial charge on any atom is -0.405 e. The molecule has 58 valence electrons. The maximum atomic E-state index is 5.51. The molecule has 3 heteroatoms. The third-order valence-corrected chi connectivity index (χ3v) is 1.29. The molecule has 0 unspecified atom stereocenters. The Labute approximate surface area is 65.8 Å². The average molecular weight is 149 g/mol. The van der Waals surface area contributed by atoms with E-state index in [2.05, 4.69) is 4.99 Å². The molecule has 0 fully saturated rings. The number of nitrogens with two attached hydrogens (primary N) is 2. The summed E-state index contributed by atoms with van der Waals surface area (Å²) in [4.78, 5) is 4.03. The normalized spacial score (nSPS) is 21.1. The summed E-state index contributed by atoms with van der Waals surface area (Å²) >= 11 is 0. The minimum atomic E-state index is 0.686. The maximum Gasteiger partial charge on any atom is 0.0641 e. The van der Waals surface area contributed by atoms with Crippen LogP contribution in [0.1, 0.15) is 0 Å². The predicted octanol–water partition coefficient (Wildman–Crippen LogP) is 0.312. The van der Waals surface area contributed by atoms with Crippen LogP contribution in [-0.4, -0.2) is 12.8 Å². The molecule has 0 aromatic rings. The lowest BCUT2D eigenvalue weighted by Gasteiger charge is -2.03. The molecule has 0 aliphatic carbocycles. The molecule has 4 N–H and O–H groups in total. The molecule has 3 nitrogen and oxygen atoms in total. The Morgan fingerprint density at radius 2 is 2.36 bits per heavy atom. The van der Waals surface area contributed by atoms with Gasteiger partial charge in [-0.05, 0) is 23.9 Å². The van der Waals surface area contributed by atoms with Gasteiger partial charge < -0.3 is 11.5 Å². The highest BCUT2D eigenvalue weighted by molar-refractivity contribution is 5.79. The van der Waals surface area contributed by atoms with Crippen molar-refractivity contribution >= 4 is 6.21 Å². The number of allylic oxidation sites excluding steroid dienone is 3. The summed E-state index contributed by atoms with van der Waals surface area (Å²) in [6, 6.07) is 0. The van der Waals surface area contributed by atoms with E-state index in [1.54, 1.807) is 12.3 Å². The summed E-state index contributed by atoms with van der Waals surface area (Å²) in [6.07, 6.45) is 8.68. The van der Waals surface area contributed by atoms with Crippen molar-refractivity contribution in [2.24, 2.45) is 16.5 Å². The summed E-state index contributed by atoms with van der Waals surface area (Å²) in [6.45, 7) is 0.686. The van der Waals surface area contributed by atoms with Gasteiger partial charge in [0.2, 0.25) is 0 Å². The molecule has 0 saturated heterocycles. The Morgan fingerprint density at radius 3 is 3.00 bits per heavy atom. The molecule has 1 heterocycles. The molecule has 0 amide bonds. The van der Waals surface area contributed by atoms with Crippen LogP contribution < -0.4 is 11.5 Å². The van der Waals surface area contributed by atoms with E-state index in [0.717, 1.165) is 5.57 Å². The van der Waals surface area contributed by atoms with Gasteiger partial charge in [-0.25, -0.2) is 0 Å². The monoisotopic (exact) mass is 149 g/mol. The molecule has 0 radical (unpaired) electrons. The Hall–Kier alpha value is -1.51. The van der Waals surface area contributed by atoms with Crippen molar-refractivity contribution in [3.05, 3.63) is 35.7 Å². The van der Waals surface area contributed by atoms with Gasteiger partial charge >= 0.3 is 0 Å². The van der Waals surface area contributed by atoms with Crippen LogP contribution in [0.2, 0.25) is 0 Å². The van der Waals surface area contributed by atoms with Gasteiger partial charge in [0.25, 0.3) is 0 Å². The van der Waals surface area contributed by atoms with Crippen LogP contribution >= 0.6 is 0 Å². The summed E-state index contributed by atoms with van der Waals surface area (Å²) < 4.78 is 0. The van der Waals surface area contributed by atoms with Gasteiger partial charge in [-0.3, -0.25) is 4.99 Å². The lowest BCUT2D eigenvalue weighted by Crippen LogP contribution is -2.05. The topological polar surface area (TPSA) is 64.4 Å². The number of hydrogen-bond donors (Lipinski definition) is 2. The molecule has 0 bridgehead atoms. The molecule has 0 atom stereocenters. The van der Waals surface area contributed by atoms with E-state index in [1.807, 2.05) is 12.2 Å². The summed E-state index contributed by atoms with van der Waals surface area (Å²) in [5.41, 5.74) is 12.4. The molecule has 1 aliphatic rings. The molecular weight excluding hydrogens is 138 g/mol. The summed E-state index contributed by atoms with van der Waals surface area (Å²) in [5.74, 6) is 0. The van der Waals surface area contributed by atoms with Crippen LogP contribution in [-0.2, 0) is 0 Å². The molecule has 0 aromatic heterocycles. The quantitative estimate of drug-likeness (QED) is 0.563. The van der Waals surface area contributed by atoms with Gasteiger partial charge in [0, 0.05) is 11.9 Å². The predicted molar refractivity (Wildman–Crippen MR) is 47.0 cm³/mol. The van der Waals surface area contributed by atoms with E-state index < -0.39 is 0 Å². The van der Waals surface area contributed by atoms with E-state index >= 15 is 0 Å². The van der Waals surface area contributed by atoms with Crippen LogP contribution in [0.5, 0.6) is 0 Å². The first kappa shape index (κ1) is 7.60. The van der Waals surface area contributed by atoms with Crippen molar-refractivity contribution in [1.82, 2.24) is 0 Å². The van der Waals surface area contributed by atoms with Crippen molar-refractivity contribution in [1.29, 1.82) is 0 Å². The summed E-state index contributed by atoms with van der Waals surface area (Å²) in [7, 11) is 0. The Balaban J connectivity index is 2.70. The van der Waals surface area contributed by atoms with Crippen LogP contribution in [0.15, 0.2) is 40.7 Å². The van der Waals surface area contributed by atoms with Crippen LogP contribution in [0, 0.1) is 0 Å².